The third-order valence-corrected chi connectivity index (χ3v) is 6.46. The van der Waals surface area contributed by atoms with Gasteiger partial charge in [0.05, 0.1) is 36.5 Å². The minimum Gasteiger partial charge on any atom is -0.465 e. The molecule has 0 aliphatic heterocycles. The van der Waals surface area contributed by atoms with E-state index in [1.165, 1.54) is 14.2 Å². The van der Waals surface area contributed by atoms with Crippen LogP contribution in [0.25, 0.3) is 22.3 Å². The molecule has 0 aliphatic rings. The van der Waals surface area contributed by atoms with Gasteiger partial charge < -0.3 is 9.47 Å². The average Bonchev–Trinajstić information content (AvgIpc) is 2.96. The Kier molecular flexibility index (Phi) is 10.2. The molecule has 0 aliphatic carbocycles. The molecule has 0 amide bonds. The Balaban J connectivity index is 0.000000226. The predicted octanol–water partition coefficient (Wildman–Crippen LogP) is 8.92. The number of carbonyl (C=O) groups excluding carboxylic acids is 2. The summed E-state index contributed by atoms with van der Waals surface area (Å²) in [6.07, 6.45) is -8.93. The Bertz CT molecular complexity index is 1520. The van der Waals surface area contributed by atoms with Crippen LogP contribution in [-0.2, 0) is 21.8 Å². The van der Waals surface area contributed by atoms with Crippen LogP contribution in [-0.4, -0.2) is 26.2 Å². The summed E-state index contributed by atoms with van der Waals surface area (Å²) < 4.78 is 87.1. The molecule has 0 N–H and O–H groups in total. The second-order valence-corrected chi connectivity index (χ2v) is 9.62. The maximum atomic E-state index is 12.8. The summed E-state index contributed by atoms with van der Waals surface area (Å²) in [5.41, 5.74) is 0.0624. The van der Waals surface area contributed by atoms with Gasteiger partial charge >= 0.3 is 24.3 Å². The summed E-state index contributed by atoms with van der Waals surface area (Å²) in [6, 6.07) is 21.2. The van der Waals surface area contributed by atoms with Crippen molar-refractivity contribution in [3.05, 3.63) is 117 Å². The SMILES string of the molecule is COC(=O)c1ccc(C(F)(F)F)cc1-c1ccc(I)cc1.COC(=O)c1ccc(C(F)(F)F)cc1-c1ccccc1. The minimum atomic E-state index is -4.47. The van der Waals surface area contributed by atoms with E-state index >= 15 is 0 Å². The normalized spacial score (nSPS) is 11.2. The van der Waals surface area contributed by atoms with Crippen LogP contribution >= 0.6 is 22.6 Å². The maximum Gasteiger partial charge on any atom is 0.416 e. The van der Waals surface area contributed by atoms with Crippen molar-refractivity contribution in [3.8, 4) is 22.3 Å². The van der Waals surface area contributed by atoms with Crippen LogP contribution in [0.5, 0.6) is 0 Å². The van der Waals surface area contributed by atoms with Gasteiger partial charge in [-0.15, -0.1) is 0 Å². The van der Waals surface area contributed by atoms with Crippen molar-refractivity contribution in [1.82, 2.24) is 0 Å². The summed E-state index contributed by atoms with van der Waals surface area (Å²) >= 11 is 2.09. The molecular weight excluding hydrogens is 665 g/mol. The molecule has 0 heterocycles. The molecule has 0 unspecified atom stereocenters. The first-order valence-electron chi connectivity index (χ1n) is 11.7. The third-order valence-electron chi connectivity index (χ3n) is 5.74. The van der Waals surface area contributed by atoms with E-state index in [-0.39, 0.29) is 22.3 Å². The summed E-state index contributed by atoms with van der Waals surface area (Å²) in [4.78, 5) is 23.4. The monoisotopic (exact) mass is 686 g/mol. The van der Waals surface area contributed by atoms with Gasteiger partial charge in [-0.2, -0.15) is 26.3 Å². The van der Waals surface area contributed by atoms with E-state index in [1.54, 1.807) is 54.6 Å². The minimum absolute atomic E-state index is 0.103. The number of alkyl halides is 6. The summed E-state index contributed by atoms with van der Waals surface area (Å²) in [5.74, 6) is -1.34. The number of esters is 2. The second kappa shape index (κ2) is 13.2. The van der Waals surface area contributed by atoms with Crippen LogP contribution in [0.15, 0.2) is 91.0 Å². The molecule has 0 fully saturated rings. The van der Waals surface area contributed by atoms with Crippen molar-refractivity contribution in [2.75, 3.05) is 14.2 Å². The zero-order chi connectivity index (χ0) is 30.4. The number of ether oxygens (including phenoxy) is 2. The lowest BCUT2D eigenvalue weighted by Gasteiger charge is -2.13. The Morgan fingerprint density at radius 3 is 1.34 bits per heavy atom. The molecule has 4 nitrogen and oxygen atoms in total. The van der Waals surface area contributed by atoms with Crippen LogP contribution in [0, 0.1) is 3.57 Å². The van der Waals surface area contributed by atoms with Crippen molar-refractivity contribution in [2.45, 2.75) is 12.4 Å². The molecule has 0 spiro atoms. The van der Waals surface area contributed by atoms with Crippen LogP contribution < -0.4 is 0 Å². The fourth-order valence-corrected chi connectivity index (χ4v) is 4.10. The van der Waals surface area contributed by atoms with Gasteiger partial charge in [0.2, 0.25) is 0 Å². The standard InChI is InChI=1S/C15H10F3IO2.C15H11F3O2/c1-21-14(20)12-7-4-10(15(16,17)18)8-13(12)9-2-5-11(19)6-3-9;1-20-14(19)12-8-7-11(15(16,17)18)9-13(12)10-5-3-2-4-6-10/h2-8H,1H3;2-9H,1H3. The van der Waals surface area contributed by atoms with Gasteiger partial charge in [0.15, 0.2) is 0 Å². The number of hydrogen-bond donors (Lipinski definition) is 0. The van der Waals surface area contributed by atoms with Crippen LogP contribution in [0.2, 0.25) is 0 Å². The summed E-state index contributed by atoms with van der Waals surface area (Å²) in [7, 11) is 2.38. The van der Waals surface area contributed by atoms with Crippen molar-refractivity contribution in [2.24, 2.45) is 0 Å². The second-order valence-electron chi connectivity index (χ2n) is 8.37. The van der Waals surface area contributed by atoms with Gasteiger partial charge in [0, 0.05) is 3.57 Å². The Morgan fingerprint density at radius 2 is 0.976 bits per heavy atom. The molecular formula is C30H21F6IO4. The zero-order valence-electron chi connectivity index (χ0n) is 21.4. The first-order chi connectivity index (χ1) is 19.3. The van der Waals surface area contributed by atoms with Gasteiger partial charge in [-0.25, -0.2) is 9.59 Å². The lowest BCUT2D eigenvalue weighted by Crippen LogP contribution is -2.09. The third kappa shape index (κ3) is 8.09. The van der Waals surface area contributed by atoms with E-state index in [4.69, 9.17) is 0 Å². The number of rotatable bonds is 4. The topological polar surface area (TPSA) is 52.6 Å². The van der Waals surface area contributed by atoms with Crippen LogP contribution in [0.1, 0.15) is 31.8 Å². The van der Waals surface area contributed by atoms with Crippen molar-refractivity contribution < 1.29 is 45.4 Å². The highest BCUT2D eigenvalue weighted by Crippen LogP contribution is 2.35. The number of methoxy groups -OCH3 is 2. The fraction of sp³-hybridized carbons (Fsp3) is 0.133. The largest absolute Gasteiger partial charge is 0.465 e. The van der Waals surface area contributed by atoms with Crippen LogP contribution in [0.3, 0.4) is 0 Å². The van der Waals surface area contributed by atoms with Crippen molar-refractivity contribution in [1.29, 1.82) is 0 Å². The first kappa shape index (κ1) is 31.7. The highest BCUT2D eigenvalue weighted by molar-refractivity contribution is 14.1. The molecule has 4 rings (SSSR count). The number of benzene rings is 4. The van der Waals surface area contributed by atoms with E-state index in [9.17, 15) is 35.9 Å². The molecule has 41 heavy (non-hydrogen) atoms. The fourth-order valence-electron chi connectivity index (χ4n) is 3.74. The molecule has 4 aromatic carbocycles. The Labute approximate surface area is 245 Å². The van der Waals surface area contributed by atoms with Crippen molar-refractivity contribution in [3.63, 3.8) is 0 Å². The molecule has 0 aromatic heterocycles. The molecule has 0 saturated heterocycles. The zero-order valence-corrected chi connectivity index (χ0v) is 23.6. The number of carbonyl (C=O) groups is 2. The first-order valence-corrected chi connectivity index (χ1v) is 12.7. The quantitative estimate of drug-likeness (QED) is 0.122. The number of halogens is 7. The summed E-state index contributed by atoms with van der Waals surface area (Å²) in [6.45, 7) is 0. The van der Waals surface area contributed by atoms with Gasteiger partial charge in [0.25, 0.3) is 0 Å². The predicted molar refractivity (Wildman–Crippen MR) is 149 cm³/mol. The highest BCUT2D eigenvalue weighted by Gasteiger charge is 2.32. The Morgan fingerprint density at radius 1 is 0.585 bits per heavy atom. The van der Waals surface area contributed by atoms with Crippen LogP contribution in [0.4, 0.5) is 26.3 Å². The van der Waals surface area contributed by atoms with E-state index in [2.05, 4.69) is 32.1 Å². The van der Waals surface area contributed by atoms with E-state index < -0.39 is 35.4 Å². The Hall–Kier alpha value is -3.87. The molecule has 0 bridgehead atoms. The van der Waals surface area contributed by atoms with Gasteiger partial charge in [0.1, 0.15) is 0 Å². The van der Waals surface area contributed by atoms with Crippen molar-refractivity contribution >= 4 is 34.5 Å². The van der Waals surface area contributed by atoms with Gasteiger partial charge in [-0.05, 0) is 93.4 Å². The number of hydrogen-bond acceptors (Lipinski definition) is 4. The van der Waals surface area contributed by atoms with E-state index in [0.29, 0.717) is 11.1 Å². The molecule has 4 aromatic rings. The van der Waals surface area contributed by atoms with E-state index in [1.807, 2.05) is 0 Å². The molecule has 0 atom stereocenters. The lowest BCUT2D eigenvalue weighted by atomic mass is 9.97. The van der Waals surface area contributed by atoms with Gasteiger partial charge in [-0.1, -0.05) is 42.5 Å². The lowest BCUT2D eigenvalue weighted by molar-refractivity contribution is -0.138. The maximum absolute atomic E-state index is 12.8. The molecule has 0 radical (unpaired) electrons. The highest BCUT2D eigenvalue weighted by atomic mass is 127. The van der Waals surface area contributed by atoms with E-state index in [0.717, 1.165) is 40.0 Å². The molecule has 214 valence electrons. The van der Waals surface area contributed by atoms with Gasteiger partial charge in [-0.3, -0.25) is 0 Å². The average molecular weight is 686 g/mol. The molecule has 0 saturated carbocycles. The molecule has 11 heteroatoms. The summed E-state index contributed by atoms with van der Waals surface area (Å²) in [5, 5.41) is 0. The smallest absolute Gasteiger partial charge is 0.416 e.